The third-order valence-corrected chi connectivity index (χ3v) is 16.7. The van der Waals surface area contributed by atoms with Gasteiger partial charge in [-0.25, -0.2) is 0 Å². The summed E-state index contributed by atoms with van der Waals surface area (Å²) in [4.78, 5) is 2.26. The molecule has 0 fully saturated rings. The molecule has 1 nitrogen and oxygen atoms in total. The molecule has 1 unspecified atom stereocenters. The third kappa shape index (κ3) is 4.80. The molecule has 0 aromatic heterocycles. The fraction of sp³-hybridized carbons (Fsp3) is 0.280. The summed E-state index contributed by atoms with van der Waals surface area (Å²) in [5.41, 5.74) is 0. The van der Waals surface area contributed by atoms with Gasteiger partial charge in [0.15, 0.2) is 0 Å². The molecular formula is C25H31BrNPS. The Morgan fingerprint density at radius 2 is 1.14 bits per heavy atom. The van der Waals surface area contributed by atoms with Gasteiger partial charge in [0.05, 0.1) is 0 Å². The van der Waals surface area contributed by atoms with E-state index in [1.807, 2.05) is 0 Å². The van der Waals surface area contributed by atoms with Gasteiger partial charge in [0.2, 0.25) is 0 Å². The van der Waals surface area contributed by atoms with Crippen molar-refractivity contribution in [1.29, 1.82) is 0 Å². The number of halogens is 1. The van der Waals surface area contributed by atoms with Crippen LogP contribution in [0.25, 0.3) is 0 Å². The van der Waals surface area contributed by atoms with E-state index in [0.717, 1.165) is 18.5 Å². The SMILES string of the molecule is CC(CP(Br)(c1ccccc1)(c1ccccc1)c1ccccc1)SCCN(C)C. The zero-order valence-electron chi connectivity index (χ0n) is 17.5. The molecule has 0 aliphatic carbocycles. The Kier molecular flexibility index (Phi) is 7.62. The summed E-state index contributed by atoms with van der Waals surface area (Å²) < 4.78 is 0. The van der Waals surface area contributed by atoms with E-state index in [0.29, 0.717) is 5.25 Å². The molecule has 1 atom stereocenters. The van der Waals surface area contributed by atoms with Gasteiger partial charge in [-0.2, -0.15) is 0 Å². The van der Waals surface area contributed by atoms with Gasteiger partial charge in [-0.1, -0.05) is 0 Å². The van der Waals surface area contributed by atoms with Crippen LogP contribution in [0.15, 0.2) is 91.0 Å². The predicted molar refractivity (Wildman–Crippen MR) is 139 cm³/mol. The first-order chi connectivity index (χ1) is 13.9. The van der Waals surface area contributed by atoms with Crippen molar-refractivity contribution in [2.75, 3.05) is 32.6 Å². The van der Waals surface area contributed by atoms with Crippen molar-refractivity contribution >= 4 is 48.5 Å². The monoisotopic (exact) mass is 487 g/mol. The fourth-order valence-corrected chi connectivity index (χ4v) is 15.0. The van der Waals surface area contributed by atoms with Crippen LogP contribution >= 0.6 is 32.6 Å². The van der Waals surface area contributed by atoms with Gasteiger partial charge in [-0.05, 0) is 0 Å². The Morgan fingerprint density at radius 3 is 1.48 bits per heavy atom. The summed E-state index contributed by atoms with van der Waals surface area (Å²) in [6.45, 7) is 3.49. The molecule has 0 aliphatic rings. The van der Waals surface area contributed by atoms with Crippen LogP contribution in [0.2, 0.25) is 0 Å². The van der Waals surface area contributed by atoms with Crippen LogP contribution in [0, 0.1) is 0 Å². The number of benzene rings is 3. The van der Waals surface area contributed by atoms with Crippen molar-refractivity contribution in [3.8, 4) is 0 Å². The van der Waals surface area contributed by atoms with E-state index in [2.05, 4.69) is 144 Å². The van der Waals surface area contributed by atoms with Crippen molar-refractivity contribution in [2.45, 2.75) is 12.2 Å². The molecule has 0 saturated heterocycles. The van der Waals surface area contributed by atoms with Crippen molar-refractivity contribution in [3.63, 3.8) is 0 Å². The van der Waals surface area contributed by atoms with Gasteiger partial charge in [0, 0.05) is 0 Å². The molecule has 4 heteroatoms. The molecule has 3 rings (SSSR count). The maximum absolute atomic E-state index is 4.55. The van der Waals surface area contributed by atoms with E-state index in [9.17, 15) is 0 Å². The number of thioether (sulfide) groups is 1. The van der Waals surface area contributed by atoms with Gasteiger partial charge in [0.25, 0.3) is 0 Å². The molecule has 0 amide bonds. The van der Waals surface area contributed by atoms with E-state index >= 15 is 0 Å². The fourth-order valence-electron chi connectivity index (χ4n) is 3.95. The van der Waals surface area contributed by atoms with Gasteiger partial charge in [0.1, 0.15) is 0 Å². The Bertz CT molecular complexity index is 787. The van der Waals surface area contributed by atoms with E-state index in [1.54, 1.807) is 0 Å². The van der Waals surface area contributed by atoms with Crippen LogP contribution in [-0.2, 0) is 0 Å². The molecule has 0 heterocycles. The van der Waals surface area contributed by atoms with Crippen LogP contribution < -0.4 is 15.9 Å². The molecule has 0 bridgehead atoms. The molecule has 0 radical (unpaired) electrons. The van der Waals surface area contributed by atoms with Crippen LogP contribution in [0.1, 0.15) is 6.92 Å². The molecule has 154 valence electrons. The van der Waals surface area contributed by atoms with Crippen molar-refractivity contribution in [2.24, 2.45) is 0 Å². The second-order valence-corrected chi connectivity index (χ2v) is 18.4. The summed E-state index contributed by atoms with van der Waals surface area (Å²) in [6.07, 6.45) is 1.09. The zero-order valence-corrected chi connectivity index (χ0v) is 20.8. The Balaban J connectivity index is 2.16. The van der Waals surface area contributed by atoms with Gasteiger partial charge in [-0.15, -0.1) is 0 Å². The van der Waals surface area contributed by atoms with Gasteiger partial charge < -0.3 is 0 Å². The summed E-state index contributed by atoms with van der Waals surface area (Å²) in [5.74, 6) is 1.14. The molecule has 0 spiro atoms. The minimum absolute atomic E-state index is 0.521. The molecule has 0 saturated carbocycles. The van der Waals surface area contributed by atoms with Crippen molar-refractivity contribution in [1.82, 2.24) is 4.90 Å². The average molecular weight is 488 g/mol. The number of hydrogen-bond acceptors (Lipinski definition) is 2. The molecule has 3 aromatic carbocycles. The van der Waals surface area contributed by atoms with E-state index in [-0.39, 0.29) is 0 Å². The molecule has 3 aromatic rings. The van der Waals surface area contributed by atoms with Crippen LogP contribution in [-0.4, -0.2) is 42.7 Å². The van der Waals surface area contributed by atoms with Crippen LogP contribution in [0.5, 0.6) is 0 Å². The first kappa shape index (κ1) is 22.6. The van der Waals surface area contributed by atoms with Crippen LogP contribution in [0.3, 0.4) is 0 Å². The molecule has 0 N–H and O–H groups in total. The molecule has 29 heavy (non-hydrogen) atoms. The zero-order chi connectivity index (χ0) is 20.8. The summed E-state index contributed by atoms with van der Waals surface area (Å²) in [7, 11) is 4.29. The summed E-state index contributed by atoms with van der Waals surface area (Å²) in [5, 5.41) is 1.92. The van der Waals surface area contributed by atoms with E-state index in [1.165, 1.54) is 15.9 Å². The Hall–Kier alpha value is -1.12. The topological polar surface area (TPSA) is 3.24 Å². The number of nitrogens with zero attached hydrogens (tertiary/aromatic N) is 1. The standard InChI is InChI=1S/C25H31BrNPS/c1-22(29-20-19-27(2)3)21-28(26,23-13-7-4-8-14-23,24-15-9-5-10-16-24)25-17-11-6-12-18-25/h4-18,22H,19-21H2,1-3H3. The van der Waals surface area contributed by atoms with Crippen molar-refractivity contribution in [3.05, 3.63) is 91.0 Å². The van der Waals surface area contributed by atoms with Gasteiger partial charge >= 0.3 is 189 Å². The predicted octanol–water partition coefficient (Wildman–Crippen LogP) is 5.51. The average Bonchev–Trinajstić information content (AvgIpc) is 2.75. The number of hydrogen-bond donors (Lipinski definition) is 0. The first-order valence-electron chi connectivity index (χ1n) is 10.1. The summed E-state index contributed by atoms with van der Waals surface area (Å²) in [6, 6.07) is 33.2. The van der Waals surface area contributed by atoms with Gasteiger partial charge in [-0.3, -0.25) is 0 Å². The molecule has 0 aliphatic heterocycles. The third-order valence-electron chi connectivity index (χ3n) is 5.42. The van der Waals surface area contributed by atoms with Crippen LogP contribution in [0.4, 0.5) is 0 Å². The maximum atomic E-state index is 4.55. The Labute approximate surface area is 188 Å². The second kappa shape index (κ2) is 9.79. The quantitative estimate of drug-likeness (QED) is 0.366. The number of rotatable bonds is 9. The van der Waals surface area contributed by atoms with Crippen molar-refractivity contribution < 1.29 is 0 Å². The summed E-state index contributed by atoms with van der Waals surface area (Å²) >= 11 is 6.62. The first-order valence-corrected chi connectivity index (χ1v) is 15.6. The van der Waals surface area contributed by atoms with E-state index in [4.69, 9.17) is 0 Å². The Morgan fingerprint density at radius 1 is 0.759 bits per heavy atom. The van der Waals surface area contributed by atoms with E-state index < -0.39 is 5.31 Å². The minimum atomic E-state index is -2.80. The molecular weight excluding hydrogens is 457 g/mol. The second-order valence-electron chi connectivity index (χ2n) is 7.86. The normalized spacial score (nSPS) is 14.3.